The number of fused-ring (bicyclic) bond motifs is 1. The molecule has 9 nitrogen and oxygen atoms in total. The van der Waals surface area contributed by atoms with Crippen LogP contribution in [0.25, 0.3) is 22.3 Å². The predicted molar refractivity (Wildman–Crippen MR) is 157 cm³/mol. The van der Waals surface area contributed by atoms with Gasteiger partial charge in [0.25, 0.3) is 0 Å². The molecule has 0 radical (unpaired) electrons. The minimum Gasteiger partial charge on any atom is -0.469 e. The summed E-state index contributed by atoms with van der Waals surface area (Å²) in [5.74, 6) is 0.597. The summed E-state index contributed by atoms with van der Waals surface area (Å²) in [6, 6.07) is 21.4. The maximum absolute atomic E-state index is 11.1. The summed E-state index contributed by atoms with van der Waals surface area (Å²) in [5.41, 5.74) is 5.49. The molecule has 0 bridgehead atoms. The number of aromatic amines is 1. The zero-order valence-electron chi connectivity index (χ0n) is 23.3. The van der Waals surface area contributed by atoms with Crippen LogP contribution in [0.2, 0.25) is 0 Å². The highest BCUT2D eigenvalue weighted by Crippen LogP contribution is 2.29. The first-order chi connectivity index (χ1) is 19.6. The molecule has 0 unspecified atom stereocenters. The number of piperazine rings is 1. The summed E-state index contributed by atoms with van der Waals surface area (Å²) in [6.45, 7) is 9.13. The number of benzene rings is 2. The third kappa shape index (κ3) is 7.24. The van der Waals surface area contributed by atoms with Gasteiger partial charge in [-0.2, -0.15) is 0 Å². The number of carbonyl (C=O) groups is 1. The largest absolute Gasteiger partial charge is 0.469 e. The first kappa shape index (κ1) is 27.8. The van der Waals surface area contributed by atoms with E-state index in [0.29, 0.717) is 19.6 Å². The first-order valence-electron chi connectivity index (χ1n) is 13.9. The van der Waals surface area contributed by atoms with E-state index < -0.39 is 0 Å². The maximum atomic E-state index is 11.1. The van der Waals surface area contributed by atoms with E-state index in [9.17, 15) is 4.79 Å². The number of hydrogen-bond acceptors (Lipinski definition) is 8. The normalized spacial score (nSPS) is 15.2. The SMILES string of the molecule is COC(=O)CCOCCN1CCN(Cc2ccc(-c3cc4c(N[C@H](C)c5ccccc5)ncnc4[nH]3)cc2)CC1. The molecule has 2 N–H and O–H groups in total. The highest BCUT2D eigenvalue weighted by molar-refractivity contribution is 5.91. The number of nitrogens with zero attached hydrogens (tertiary/aromatic N) is 4. The number of anilines is 1. The molecule has 1 aliphatic rings. The van der Waals surface area contributed by atoms with Gasteiger partial charge in [0, 0.05) is 51.0 Å². The fourth-order valence-electron chi connectivity index (χ4n) is 5.01. The Labute approximate surface area is 235 Å². The van der Waals surface area contributed by atoms with Crippen molar-refractivity contribution >= 4 is 22.8 Å². The molecule has 5 rings (SSSR count). The topological polar surface area (TPSA) is 95.6 Å². The molecule has 1 fully saturated rings. The third-order valence-electron chi connectivity index (χ3n) is 7.44. The fraction of sp³-hybridized carbons (Fsp3) is 0.387. The molecule has 0 aliphatic carbocycles. The van der Waals surface area contributed by atoms with Crippen molar-refractivity contribution < 1.29 is 14.3 Å². The van der Waals surface area contributed by atoms with Crippen molar-refractivity contribution in [2.45, 2.75) is 25.9 Å². The molecule has 1 aliphatic heterocycles. The average molecular weight is 543 g/mol. The number of ether oxygens (including phenoxy) is 2. The molecule has 2 aromatic heterocycles. The molecule has 1 atom stereocenters. The molecule has 40 heavy (non-hydrogen) atoms. The highest BCUT2D eigenvalue weighted by Gasteiger charge is 2.17. The summed E-state index contributed by atoms with van der Waals surface area (Å²) in [5, 5.41) is 4.53. The molecule has 1 saturated heterocycles. The Bertz CT molecular complexity index is 1370. The Morgan fingerprint density at radius 1 is 1.00 bits per heavy atom. The molecular weight excluding hydrogens is 504 g/mol. The van der Waals surface area contributed by atoms with Crippen molar-refractivity contribution in [2.75, 3.05) is 58.4 Å². The van der Waals surface area contributed by atoms with Crippen LogP contribution in [0.1, 0.15) is 30.5 Å². The smallest absolute Gasteiger partial charge is 0.307 e. The maximum Gasteiger partial charge on any atom is 0.307 e. The van der Waals surface area contributed by atoms with Crippen LogP contribution in [-0.2, 0) is 20.8 Å². The van der Waals surface area contributed by atoms with E-state index in [0.717, 1.165) is 67.4 Å². The Hall–Kier alpha value is -3.79. The average Bonchev–Trinajstić information content (AvgIpc) is 3.44. The van der Waals surface area contributed by atoms with Gasteiger partial charge in [-0.25, -0.2) is 9.97 Å². The Kier molecular flexibility index (Phi) is 9.38. The van der Waals surface area contributed by atoms with Gasteiger partial charge in [0.2, 0.25) is 0 Å². The number of rotatable bonds is 12. The number of hydrogen-bond donors (Lipinski definition) is 2. The Morgan fingerprint density at radius 3 is 2.50 bits per heavy atom. The second-order valence-electron chi connectivity index (χ2n) is 10.2. The van der Waals surface area contributed by atoms with Gasteiger partial charge in [-0.15, -0.1) is 0 Å². The quantitative estimate of drug-likeness (QED) is 0.200. The van der Waals surface area contributed by atoms with Gasteiger partial charge in [-0.1, -0.05) is 54.6 Å². The van der Waals surface area contributed by atoms with E-state index >= 15 is 0 Å². The van der Waals surface area contributed by atoms with Crippen LogP contribution in [0.4, 0.5) is 5.82 Å². The second kappa shape index (κ2) is 13.5. The number of H-pyrrole nitrogens is 1. The van der Waals surface area contributed by atoms with Gasteiger partial charge in [-0.05, 0) is 29.7 Å². The van der Waals surface area contributed by atoms with Crippen LogP contribution < -0.4 is 5.32 Å². The van der Waals surface area contributed by atoms with E-state index in [4.69, 9.17) is 4.74 Å². The number of nitrogens with one attached hydrogen (secondary N) is 2. The van der Waals surface area contributed by atoms with Gasteiger partial charge < -0.3 is 19.8 Å². The van der Waals surface area contributed by atoms with Crippen molar-refractivity contribution in [2.24, 2.45) is 0 Å². The van der Waals surface area contributed by atoms with E-state index in [2.05, 4.69) is 96.3 Å². The van der Waals surface area contributed by atoms with Gasteiger partial charge in [0.1, 0.15) is 17.8 Å². The van der Waals surface area contributed by atoms with E-state index in [-0.39, 0.29) is 12.0 Å². The lowest BCUT2D eigenvalue weighted by Gasteiger charge is -2.34. The summed E-state index contributed by atoms with van der Waals surface area (Å²) < 4.78 is 10.2. The third-order valence-corrected chi connectivity index (χ3v) is 7.44. The lowest BCUT2D eigenvalue weighted by Crippen LogP contribution is -2.46. The van der Waals surface area contributed by atoms with Crippen LogP contribution in [0, 0.1) is 0 Å². The zero-order chi connectivity index (χ0) is 27.7. The lowest BCUT2D eigenvalue weighted by atomic mass is 10.1. The molecule has 9 heteroatoms. The van der Waals surface area contributed by atoms with Gasteiger partial charge >= 0.3 is 5.97 Å². The summed E-state index contributed by atoms with van der Waals surface area (Å²) in [6.07, 6.45) is 1.91. The minimum atomic E-state index is -0.229. The molecule has 4 aromatic rings. The monoisotopic (exact) mass is 542 g/mol. The Balaban J connectivity index is 1.12. The van der Waals surface area contributed by atoms with Gasteiger partial charge in [0.15, 0.2) is 0 Å². The lowest BCUT2D eigenvalue weighted by molar-refractivity contribution is -0.141. The summed E-state index contributed by atoms with van der Waals surface area (Å²) in [4.78, 5) is 28.5. The molecule has 2 aromatic carbocycles. The van der Waals surface area contributed by atoms with Crippen molar-refractivity contribution in [3.8, 4) is 11.3 Å². The number of aromatic nitrogens is 3. The van der Waals surface area contributed by atoms with Crippen molar-refractivity contribution in [3.63, 3.8) is 0 Å². The van der Waals surface area contributed by atoms with Gasteiger partial charge in [0.05, 0.1) is 32.1 Å². The minimum absolute atomic E-state index is 0.130. The van der Waals surface area contributed by atoms with Crippen molar-refractivity contribution in [3.05, 3.63) is 78.1 Å². The molecule has 0 saturated carbocycles. The van der Waals surface area contributed by atoms with Gasteiger partial charge in [-0.3, -0.25) is 14.6 Å². The van der Waals surface area contributed by atoms with Crippen LogP contribution in [-0.4, -0.2) is 83.8 Å². The second-order valence-corrected chi connectivity index (χ2v) is 10.2. The van der Waals surface area contributed by atoms with Crippen LogP contribution in [0.15, 0.2) is 67.0 Å². The standard InChI is InChI=1S/C31H38N6O3/c1-23(25-6-4-3-5-7-25)34-30-27-20-28(35-31(27)33-22-32-30)26-10-8-24(9-11-26)21-37-15-13-36(14-16-37)17-19-40-18-12-29(38)39-2/h3-11,20,22-23H,12-19,21H2,1-2H3,(H2,32,33,34,35)/t23-/m1/s1. The van der Waals surface area contributed by atoms with E-state index in [1.165, 1.54) is 18.2 Å². The van der Waals surface area contributed by atoms with E-state index in [1.54, 1.807) is 6.33 Å². The molecule has 3 heterocycles. The predicted octanol–water partition coefficient (Wildman–Crippen LogP) is 4.50. The molecule has 0 spiro atoms. The zero-order valence-corrected chi connectivity index (χ0v) is 23.3. The van der Waals surface area contributed by atoms with Crippen molar-refractivity contribution in [1.82, 2.24) is 24.8 Å². The molecule has 210 valence electrons. The highest BCUT2D eigenvalue weighted by atomic mass is 16.5. The first-order valence-corrected chi connectivity index (χ1v) is 13.9. The van der Waals surface area contributed by atoms with E-state index in [1.807, 2.05) is 6.07 Å². The summed E-state index contributed by atoms with van der Waals surface area (Å²) in [7, 11) is 1.40. The number of esters is 1. The number of methoxy groups -OCH3 is 1. The van der Waals surface area contributed by atoms with Crippen LogP contribution >= 0.6 is 0 Å². The summed E-state index contributed by atoms with van der Waals surface area (Å²) >= 11 is 0. The fourth-order valence-corrected chi connectivity index (χ4v) is 5.01. The Morgan fingerprint density at radius 2 is 1.75 bits per heavy atom. The van der Waals surface area contributed by atoms with Crippen LogP contribution in [0.3, 0.4) is 0 Å². The number of carbonyl (C=O) groups excluding carboxylic acids is 1. The molecule has 0 amide bonds. The van der Waals surface area contributed by atoms with Crippen molar-refractivity contribution in [1.29, 1.82) is 0 Å². The van der Waals surface area contributed by atoms with Crippen LogP contribution in [0.5, 0.6) is 0 Å². The molecular formula is C31H38N6O3.